The zero-order chi connectivity index (χ0) is 24.3. The maximum Gasteiger partial charge on any atom is 0.416 e. The number of rotatable bonds is 3. The number of carbonyl (C=O) groups is 1. The van der Waals surface area contributed by atoms with Crippen LogP contribution < -0.4 is 4.90 Å². The van der Waals surface area contributed by atoms with Gasteiger partial charge in [-0.05, 0) is 64.7 Å². The molecule has 2 fully saturated rings. The lowest BCUT2D eigenvalue weighted by molar-refractivity contribution is -0.143. The van der Waals surface area contributed by atoms with Gasteiger partial charge in [0, 0.05) is 18.6 Å². The van der Waals surface area contributed by atoms with Crippen LogP contribution in [0.2, 0.25) is 0 Å². The van der Waals surface area contributed by atoms with Crippen molar-refractivity contribution in [2.45, 2.75) is 43.4 Å². The average Bonchev–Trinajstić information content (AvgIpc) is 3.28. The molecule has 1 amide bonds. The number of amides is 1. The molecule has 2 aliphatic heterocycles. The molecule has 2 aromatic rings. The van der Waals surface area contributed by atoms with Crippen LogP contribution in [0.3, 0.4) is 0 Å². The molecular weight excluding hydrogens is 520 g/mol. The number of benzene rings is 1. The number of hydrogen-bond acceptors (Lipinski definition) is 4. The molecule has 2 aliphatic rings. The Labute approximate surface area is 193 Å². The van der Waals surface area contributed by atoms with Gasteiger partial charge in [0.1, 0.15) is 11.9 Å². The molecule has 0 unspecified atom stereocenters. The van der Waals surface area contributed by atoms with Gasteiger partial charge in [0.2, 0.25) is 0 Å². The van der Waals surface area contributed by atoms with Gasteiger partial charge in [0.25, 0.3) is 0 Å². The fourth-order valence-corrected chi connectivity index (χ4v) is 4.76. The van der Waals surface area contributed by atoms with Crippen LogP contribution in [0.5, 0.6) is 0 Å². The van der Waals surface area contributed by atoms with Gasteiger partial charge in [-0.3, -0.25) is 4.90 Å². The normalized spacial score (nSPS) is 23.0. The van der Waals surface area contributed by atoms with Crippen LogP contribution in [0.4, 0.5) is 37.0 Å². The van der Waals surface area contributed by atoms with Crippen molar-refractivity contribution in [3.63, 3.8) is 0 Å². The Hall–Kier alpha value is -2.50. The SMILES string of the molecule is CN(C)c1ccc(Br)c([C@@H]2CC[C@H]3[C@@H](c4cc(C(F)(F)F)cc(C(F)(F)F)c4)OC(=O)N23)n1. The standard InChI is InChI=1S/C21H18BrF6N3O2/c1-30(2)16-6-3-13(22)17(29-16)14-4-5-15-18(33-19(32)31(14)15)10-7-11(20(23,24)25)9-12(8-10)21(26,27)28/h3,6-9,14-15,18H,4-5H2,1-2H3/t14-,15-,18+/m0/s1. The third kappa shape index (κ3) is 4.36. The first-order chi connectivity index (χ1) is 15.3. The zero-order valence-electron chi connectivity index (χ0n) is 17.3. The van der Waals surface area contributed by atoms with E-state index in [9.17, 15) is 31.1 Å². The van der Waals surface area contributed by atoms with Crippen molar-refractivity contribution in [2.24, 2.45) is 0 Å². The largest absolute Gasteiger partial charge is 0.439 e. The molecule has 1 aromatic carbocycles. The van der Waals surface area contributed by atoms with Gasteiger partial charge < -0.3 is 9.64 Å². The van der Waals surface area contributed by atoms with Crippen LogP contribution >= 0.6 is 15.9 Å². The van der Waals surface area contributed by atoms with E-state index >= 15 is 0 Å². The molecular formula is C21H18BrF6N3O2. The Balaban J connectivity index is 1.72. The highest BCUT2D eigenvalue weighted by atomic mass is 79.9. The zero-order valence-corrected chi connectivity index (χ0v) is 18.9. The Kier molecular flexibility index (Phi) is 5.78. The highest BCUT2D eigenvalue weighted by Gasteiger charge is 2.52. The molecule has 0 spiro atoms. The van der Waals surface area contributed by atoms with Crippen molar-refractivity contribution in [2.75, 3.05) is 19.0 Å². The number of alkyl halides is 6. The number of carbonyl (C=O) groups excluding carboxylic acids is 1. The van der Waals surface area contributed by atoms with E-state index in [2.05, 4.69) is 20.9 Å². The quantitative estimate of drug-likeness (QED) is 0.428. The van der Waals surface area contributed by atoms with Crippen LogP contribution in [-0.4, -0.2) is 36.1 Å². The lowest BCUT2D eigenvalue weighted by atomic mass is 9.96. The molecule has 0 N–H and O–H groups in total. The third-order valence-electron chi connectivity index (χ3n) is 5.79. The smallest absolute Gasteiger partial charge is 0.416 e. The summed E-state index contributed by atoms with van der Waals surface area (Å²) in [6, 6.07) is 3.58. The van der Waals surface area contributed by atoms with E-state index in [-0.39, 0.29) is 11.6 Å². The number of pyridine rings is 1. The van der Waals surface area contributed by atoms with Gasteiger partial charge >= 0.3 is 18.4 Å². The molecule has 178 valence electrons. The van der Waals surface area contributed by atoms with Gasteiger partial charge in [-0.2, -0.15) is 26.3 Å². The van der Waals surface area contributed by atoms with Gasteiger partial charge in [0.15, 0.2) is 0 Å². The van der Waals surface area contributed by atoms with Crippen molar-refractivity contribution in [3.8, 4) is 0 Å². The summed E-state index contributed by atoms with van der Waals surface area (Å²) in [5.74, 6) is 0.633. The Bertz CT molecular complexity index is 1060. The summed E-state index contributed by atoms with van der Waals surface area (Å²) in [5, 5.41) is 0. The van der Waals surface area contributed by atoms with Crippen LogP contribution in [0.1, 0.15) is 47.4 Å². The molecule has 0 radical (unpaired) electrons. The van der Waals surface area contributed by atoms with Crippen molar-refractivity contribution in [1.82, 2.24) is 9.88 Å². The first-order valence-electron chi connectivity index (χ1n) is 9.89. The monoisotopic (exact) mass is 537 g/mol. The van der Waals surface area contributed by atoms with Gasteiger partial charge in [0.05, 0.1) is 28.9 Å². The molecule has 33 heavy (non-hydrogen) atoms. The van der Waals surface area contributed by atoms with E-state index in [0.717, 1.165) is 0 Å². The first-order valence-corrected chi connectivity index (χ1v) is 10.7. The minimum atomic E-state index is -4.99. The van der Waals surface area contributed by atoms with Crippen molar-refractivity contribution >= 4 is 27.8 Å². The Morgan fingerprint density at radius 2 is 1.64 bits per heavy atom. The fourth-order valence-electron chi connectivity index (χ4n) is 4.28. The van der Waals surface area contributed by atoms with Gasteiger partial charge in [-0.1, -0.05) is 0 Å². The predicted molar refractivity (Wildman–Crippen MR) is 110 cm³/mol. The van der Waals surface area contributed by atoms with E-state index in [1.165, 1.54) is 4.90 Å². The molecule has 3 atom stereocenters. The van der Waals surface area contributed by atoms with Crippen molar-refractivity contribution in [1.29, 1.82) is 0 Å². The maximum absolute atomic E-state index is 13.3. The molecule has 12 heteroatoms. The van der Waals surface area contributed by atoms with Crippen LogP contribution in [0.15, 0.2) is 34.8 Å². The highest BCUT2D eigenvalue weighted by molar-refractivity contribution is 9.10. The average molecular weight is 538 g/mol. The predicted octanol–water partition coefficient (Wildman–Crippen LogP) is 6.34. The summed E-state index contributed by atoms with van der Waals surface area (Å²) in [6.07, 6.45) is -11.3. The molecule has 2 saturated heterocycles. The first kappa shape index (κ1) is 23.7. The molecule has 0 aliphatic carbocycles. The minimum Gasteiger partial charge on any atom is -0.439 e. The van der Waals surface area contributed by atoms with E-state index < -0.39 is 47.8 Å². The van der Waals surface area contributed by atoms with Crippen LogP contribution in [-0.2, 0) is 17.1 Å². The second-order valence-electron chi connectivity index (χ2n) is 8.14. The number of cyclic esters (lactones) is 1. The lowest BCUT2D eigenvalue weighted by Gasteiger charge is -2.24. The number of aromatic nitrogens is 1. The van der Waals surface area contributed by atoms with E-state index in [4.69, 9.17) is 4.74 Å². The van der Waals surface area contributed by atoms with Crippen molar-refractivity contribution < 1.29 is 35.9 Å². The molecule has 0 bridgehead atoms. The number of halogens is 7. The number of ether oxygens (including phenoxy) is 1. The number of nitrogens with zero attached hydrogens (tertiary/aromatic N) is 3. The van der Waals surface area contributed by atoms with Crippen molar-refractivity contribution in [3.05, 3.63) is 57.2 Å². The van der Waals surface area contributed by atoms with E-state index in [1.54, 1.807) is 31.1 Å². The number of anilines is 1. The van der Waals surface area contributed by atoms with E-state index in [1.807, 2.05) is 0 Å². The molecule has 0 saturated carbocycles. The third-order valence-corrected chi connectivity index (χ3v) is 6.46. The second kappa shape index (κ2) is 8.07. The summed E-state index contributed by atoms with van der Waals surface area (Å²) in [5.41, 5.74) is -2.69. The number of hydrogen-bond donors (Lipinski definition) is 0. The lowest BCUT2D eigenvalue weighted by Crippen LogP contribution is -2.31. The van der Waals surface area contributed by atoms with Gasteiger partial charge in [-0.15, -0.1) is 0 Å². The summed E-state index contributed by atoms with van der Waals surface area (Å²) in [4.78, 5) is 20.4. The minimum absolute atomic E-state index is 0.0588. The Morgan fingerprint density at radius 1 is 1.03 bits per heavy atom. The molecule has 3 heterocycles. The fraction of sp³-hybridized carbons (Fsp3) is 0.429. The summed E-state index contributed by atoms with van der Waals surface area (Å²) >= 11 is 3.42. The Morgan fingerprint density at radius 3 is 2.18 bits per heavy atom. The topological polar surface area (TPSA) is 45.7 Å². The summed E-state index contributed by atoms with van der Waals surface area (Å²) < 4.78 is 85.7. The summed E-state index contributed by atoms with van der Waals surface area (Å²) in [7, 11) is 3.59. The van der Waals surface area contributed by atoms with Gasteiger partial charge in [-0.25, -0.2) is 9.78 Å². The maximum atomic E-state index is 13.3. The molecule has 5 nitrogen and oxygen atoms in total. The van der Waals surface area contributed by atoms with E-state index in [0.29, 0.717) is 41.0 Å². The van der Waals surface area contributed by atoms with Crippen LogP contribution in [0, 0.1) is 0 Å². The summed E-state index contributed by atoms with van der Waals surface area (Å²) in [6.45, 7) is 0. The molecule has 4 rings (SSSR count). The highest BCUT2D eigenvalue weighted by Crippen LogP contribution is 2.49. The molecule has 1 aromatic heterocycles. The number of fused-ring (bicyclic) bond motifs is 1. The van der Waals surface area contributed by atoms with Crippen LogP contribution in [0.25, 0.3) is 0 Å². The second-order valence-corrected chi connectivity index (χ2v) is 9.00.